The van der Waals surface area contributed by atoms with Gasteiger partial charge in [0.1, 0.15) is 6.07 Å². The zero-order valence-corrected chi connectivity index (χ0v) is 9.28. The summed E-state index contributed by atoms with van der Waals surface area (Å²) in [4.78, 5) is 0. The van der Waals surface area contributed by atoms with Crippen molar-refractivity contribution >= 4 is 0 Å². The van der Waals surface area contributed by atoms with Gasteiger partial charge in [-0.25, -0.2) is 0 Å². The number of ether oxygens (including phenoxy) is 1. The zero-order chi connectivity index (χ0) is 11.3. The fourth-order valence-electron chi connectivity index (χ4n) is 1.96. The second-order valence-electron chi connectivity index (χ2n) is 4.22. The molecule has 4 heteroatoms. The van der Waals surface area contributed by atoms with Gasteiger partial charge in [0.15, 0.2) is 5.66 Å². The molecule has 2 heterocycles. The molecule has 0 radical (unpaired) electrons. The van der Waals surface area contributed by atoms with Crippen LogP contribution in [0.25, 0.3) is 0 Å². The van der Waals surface area contributed by atoms with E-state index in [0.717, 1.165) is 32.6 Å². The largest absolute Gasteiger partial charge is 0.381 e. The number of nitriles is 1. The molecule has 0 aromatic rings. The van der Waals surface area contributed by atoms with Crippen molar-refractivity contribution in [1.29, 1.82) is 5.26 Å². The van der Waals surface area contributed by atoms with Gasteiger partial charge in [0, 0.05) is 19.8 Å². The molecular formula is C12H17N3O. The summed E-state index contributed by atoms with van der Waals surface area (Å²) in [6.07, 6.45) is 9.57. The number of rotatable bonds is 3. The fourth-order valence-corrected chi connectivity index (χ4v) is 1.96. The zero-order valence-electron chi connectivity index (χ0n) is 9.28. The lowest BCUT2D eigenvalue weighted by Gasteiger charge is -2.30. The first-order chi connectivity index (χ1) is 7.85. The van der Waals surface area contributed by atoms with Gasteiger partial charge >= 0.3 is 0 Å². The highest BCUT2D eigenvalue weighted by atomic mass is 16.5. The van der Waals surface area contributed by atoms with Gasteiger partial charge in [-0.2, -0.15) is 5.26 Å². The van der Waals surface area contributed by atoms with E-state index in [1.54, 1.807) is 6.20 Å². The smallest absolute Gasteiger partial charge is 0.197 e. The maximum absolute atomic E-state index is 9.19. The van der Waals surface area contributed by atoms with Crippen LogP contribution in [0.2, 0.25) is 0 Å². The molecule has 1 unspecified atom stereocenters. The fraction of sp³-hybridized carbons (Fsp3) is 0.583. The van der Waals surface area contributed by atoms with Gasteiger partial charge < -0.3 is 10.1 Å². The molecule has 86 valence electrons. The van der Waals surface area contributed by atoms with E-state index < -0.39 is 5.66 Å². The first-order valence-electron chi connectivity index (χ1n) is 5.71. The molecule has 0 spiro atoms. The molecule has 0 bridgehead atoms. The van der Waals surface area contributed by atoms with Crippen LogP contribution in [0.4, 0.5) is 0 Å². The minimum absolute atomic E-state index is 0.611. The van der Waals surface area contributed by atoms with Crippen LogP contribution in [0.3, 0.4) is 0 Å². The molecule has 0 amide bonds. The number of hydrogen-bond acceptors (Lipinski definition) is 4. The maximum Gasteiger partial charge on any atom is 0.197 e. The summed E-state index contributed by atoms with van der Waals surface area (Å²) >= 11 is 0. The van der Waals surface area contributed by atoms with Crippen LogP contribution in [0.1, 0.15) is 12.8 Å². The van der Waals surface area contributed by atoms with Gasteiger partial charge in [-0.1, -0.05) is 6.08 Å². The summed E-state index contributed by atoms with van der Waals surface area (Å²) in [6.45, 7) is 2.53. The van der Waals surface area contributed by atoms with Crippen molar-refractivity contribution in [2.24, 2.45) is 5.92 Å². The summed E-state index contributed by atoms with van der Waals surface area (Å²) in [6, 6.07) is 2.27. The van der Waals surface area contributed by atoms with E-state index in [-0.39, 0.29) is 0 Å². The highest BCUT2D eigenvalue weighted by molar-refractivity contribution is 5.26. The van der Waals surface area contributed by atoms with E-state index in [1.807, 2.05) is 18.2 Å². The SMILES string of the molecule is N#CC1(NCC2CCOCC2)C=CC=CN1. The lowest BCUT2D eigenvalue weighted by Crippen LogP contribution is -2.54. The minimum atomic E-state index is -0.729. The molecule has 4 nitrogen and oxygen atoms in total. The van der Waals surface area contributed by atoms with Crippen LogP contribution >= 0.6 is 0 Å². The second kappa shape index (κ2) is 5.15. The van der Waals surface area contributed by atoms with Gasteiger partial charge in [-0.05, 0) is 37.1 Å². The molecule has 1 atom stereocenters. The lowest BCUT2D eigenvalue weighted by molar-refractivity contribution is 0.0648. The van der Waals surface area contributed by atoms with Crippen LogP contribution < -0.4 is 10.6 Å². The van der Waals surface area contributed by atoms with Gasteiger partial charge in [-0.15, -0.1) is 0 Å². The highest BCUT2D eigenvalue weighted by Gasteiger charge is 2.27. The Morgan fingerprint density at radius 3 is 2.88 bits per heavy atom. The lowest BCUT2D eigenvalue weighted by atomic mass is 9.99. The first kappa shape index (κ1) is 11.2. The average Bonchev–Trinajstić information content (AvgIpc) is 2.39. The molecule has 0 aromatic heterocycles. The highest BCUT2D eigenvalue weighted by Crippen LogP contribution is 2.15. The quantitative estimate of drug-likeness (QED) is 0.740. The summed E-state index contributed by atoms with van der Waals surface area (Å²) in [5.41, 5.74) is -0.729. The Labute approximate surface area is 96.0 Å². The van der Waals surface area contributed by atoms with Crippen LogP contribution in [-0.2, 0) is 4.74 Å². The van der Waals surface area contributed by atoms with Crippen LogP contribution in [0.5, 0.6) is 0 Å². The maximum atomic E-state index is 9.19. The first-order valence-corrected chi connectivity index (χ1v) is 5.71. The molecule has 1 saturated heterocycles. The number of nitrogens with zero attached hydrogens (tertiary/aromatic N) is 1. The Morgan fingerprint density at radius 1 is 1.44 bits per heavy atom. The molecule has 0 saturated carbocycles. The van der Waals surface area contributed by atoms with E-state index in [9.17, 15) is 5.26 Å². The number of hydrogen-bond donors (Lipinski definition) is 2. The Morgan fingerprint density at radius 2 is 2.25 bits per heavy atom. The van der Waals surface area contributed by atoms with Crippen molar-refractivity contribution in [3.8, 4) is 6.07 Å². The summed E-state index contributed by atoms with van der Waals surface area (Å²) in [7, 11) is 0. The monoisotopic (exact) mass is 219 g/mol. The van der Waals surface area contributed by atoms with Crippen molar-refractivity contribution < 1.29 is 4.74 Å². The molecule has 2 aliphatic heterocycles. The van der Waals surface area contributed by atoms with Crippen LogP contribution in [0, 0.1) is 17.2 Å². The minimum Gasteiger partial charge on any atom is -0.381 e. The van der Waals surface area contributed by atoms with Crippen LogP contribution in [0.15, 0.2) is 24.4 Å². The molecule has 2 rings (SSSR count). The summed E-state index contributed by atoms with van der Waals surface area (Å²) in [5.74, 6) is 0.611. The topological polar surface area (TPSA) is 57.1 Å². The predicted molar refractivity (Wildman–Crippen MR) is 61.3 cm³/mol. The van der Waals surface area contributed by atoms with Crippen molar-refractivity contribution in [2.45, 2.75) is 18.5 Å². The molecule has 2 N–H and O–H groups in total. The predicted octanol–water partition coefficient (Wildman–Crippen LogP) is 0.896. The third kappa shape index (κ3) is 2.63. The van der Waals surface area contributed by atoms with Crippen molar-refractivity contribution in [3.05, 3.63) is 24.4 Å². The standard InChI is InChI=1S/C12H17N3O/c13-10-12(5-1-2-6-14-12)15-9-11-3-7-16-8-4-11/h1-2,5-6,11,14-15H,3-4,7-9H2. The summed E-state index contributed by atoms with van der Waals surface area (Å²) in [5, 5.41) is 15.5. The number of nitrogens with one attached hydrogen (secondary N) is 2. The van der Waals surface area contributed by atoms with E-state index >= 15 is 0 Å². The molecule has 0 aliphatic carbocycles. The molecule has 16 heavy (non-hydrogen) atoms. The van der Waals surface area contributed by atoms with E-state index in [2.05, 4.69) is 16.7 Å². The van der Waals surface area contributed by atoms with Crippen molar-refractivity contribution in [2.75, 3.05) is 19.8 Å². The number of allylic oxidation sites excluding steroid dienone is 2. The third-order valence-electron chi connectivity index (χ3n) is 3.05. The van der Waals surface area contributed by atoms with Crippen molar-refractivity contribution in [3.63, 3.8) is 0 Å². The molecule has 1 fully saturated rings. The average molecular weight is 219 g/mol. The Hall–Kier alpha value is -1.31. The van der Waals surface area contributed by atoms with Crippen LogP contribution in [-0.4, -0.2) is 25.4 Å². The van der Waals surface area contributed by atoms with Gasteiger partial charge in [-0.3, -0.25) is 5.32 Å². The number of dihydropyridines is 1. The van der Waals surface area contributed by atoms with E-state index in [4.69, 9.17) is 4.74 Å². The van der Waals surface area contributed by atoms with Gasteiger partial charge in [0.25, 0.3) is 0 Å². The van der Waals surface area contributed by atoms with Gasteiger partial charge in [0.2, 0.25) is 0 Å². The third-order valence-corrected chi connectivity index (χ3v) is 3.05. The normalized spacial score (nSPS) is 29.7. The van der Waals surface area contributed by atoms with Gasteiger partial charge in [0.05, 0.1) is 0 Å². The Kier molecular flexibility index (Phi) is 3.60. The molecule has 2 aliphatic rings. The summed E-state index contributed by atoms with van der Waals surface area (Å²) < 4.78 is 5.31. The molecular weight excluding hydrogens is 202 g/mol. The Balaban J connectivity index is 1.85. The molecule has 0 aromatic carbocycles. The van der Waals surface area contributed by atoms with E-state index in [0.29, 0.717) is 5.92 Å². The second-order valence-corrected chi connectivity index (χ2v) is 4.22. The van der Waals surface area contributed by atoms with Crippen molar-refractivity contribution in [1.82, 2.24) is 10.6 Å². The Bertz CT molecular complexity index is 326. The van der Waals surface area contributed by atoms with E-state index in [1.165, 1.54) is 0 Å².